The molecule has 1 aromatic heterocycles. The summed E-state index contributed by atoms with van der Waals surface area (Å²) in [5, 5.41) is 15.7. The van der Waals surface area contributed by atoms with E-state index < -0.39 is 0 Å². The molecule has 2 heterocycles. The van der Waals surface area contributed by atoms with Crippen LogP contribution in [0.25, 0.3) is 0 Å². The lowest BCUT2D eigenvalue weighted by atomic mass is 10.1. The van der Waals surface area contributed by atoms with Crippen molar-refractivity contribution < 1.29 is 0 Å². The van der Waals surface area contributed by atoms with Crippen LogP contribution in [-0.4, -0.2) is 26.8 Å². The Labute approximate surface area is 77.5 Å². The van der Waals surface area contributed by atoms with E-state index in [0.717, 1.165) is 25.3 Å². The van der Waals surface area contributed by atoms with Gasteiger partial charge in [-0.1, -0.05) is 6.42 Å². The first kappa shape index (κ1) is 8.62. The molecule has 1 aromatic rings. The summed E-state index contributed by atoms with van der Waals surface area (Å²) in [4.78, 5) is 1.63. The Morgan fingerprint density at radius 2 is 2.46 bits per heavy atom. The normalized spacial score (nSPS) is 23.3. The van der Waals surface area contributed by atoms with Crippen LogP contribution >= 0.6 is 0 Å². The predicted octanol–water partition coefficient (Wildman–Crippen LogP) is 0.508. The largest absolute Gasteiger partial charge is 0.307 e. The lowest BCUT2D eigenvalue weighted by Crippen LogP contribution is -2.27. The number of piperidine rings is 1. The van der Waals surface area contributed by atoms with Gasteiger partial charge in [0.2, 0.25) is 0 Å². The molecular weight excluding hydrogens is 166 g/mol. The summed E-state index contributed by atoms with van der Waals surface area (Å²) in [5.74, 6) is 0.849. The van der Waals surface area contributed by atoms with Crippen LogP contribution in [0.3, 0.4) is 0 Å². The molecule has 0 radical (unpaired) electrons. The molecule has 2 rings (SSSR count). The van der Waals surface area contributed by atoms with Crippen LogP contribution in [0.15, 0.2) is 0 Å². The fourth-order valence-electron chi connectivity index (χ4n) is 1.60. The molecule has 0 saturated carbocycles. The van der Waals surface area contributed by atoms with Crippen molar-refractivity contribution in [3.63, 3.8) is 0 Å². The molecule has 1 unspecified atom stereocenters. The molecule has 0 spiro atoms. The van der Waals surface area contributed by atoms with Crippen molar-refractivity contribution in [2.24, 2.45) is 0 Å². The van der Waals surface area contributed by atoms with E-state index in [0.29, 0.717) is 6.04 Å². The van der Waals surface area contributed by atoms with Crippen molar-refractivity contribution in [2.45, 2.75) is 38.8 Å². The second-order valence-corrected chi connectivity index (χ2v) is 3.34. The standard InChI is InChI=1S/C8H15N5/c1-2-13-11-8(10-12-13)7-5-3-4-6-9-7/h7,9H,2-6H2,1H3. The molecular formula is C8H15N5. The second-order valence-electron chi connectivity index (χ2n) is 3.34. The van der Waals surface area contributed by atoms with Crippen molar-refractivity contribution in [1.82, 2.24) is 25.5 Å². The maximum atomic E-state index is 4.28. The number of hydrogen-bond donors (Lipinski definition) is 1. The van der Waals surface area contributed by atoms with Crippen molar-refractivity contribution in [2.75, 3.05) is 6.54 Å². The minimum Gasteiger partial charge on any atom is -0.307 e. The van der Waals surface area contributed by atoms with Gasteiger partial charge in [-0.25, -0.2) is 0 Å². The van der Waals surface area contributed by atoms with E-state index in [2.05, 4.69) is 20.7 Å². The summed E-state index contributed by atoms with van der Waals surface area (Å²) < 4.78 is 0. The Balaban J connectivity index is 2.05. The van der Waals surface area contributed by atoms with E-state index >= 15 is 0 Å². The third-order valence-corrected chi connectivity index (χ3v) is 2.37. The summed E-state index contributed by atoms with van der Waals surface area (Å²) in [6.45, 7) is 3.88. The smallest absolute Gasteiger partial charge is 0.191 e. The molecule has 0 aromatic carbocycles. The minimum atomic E-state index is 0.328. The molecule has 72 valence electrons. The zero-order chi connectivity index (χ0) is 9.10. The molecule has 1 fully saturated rings. The molecule has 1 saturated heterocycles. The molecule has 13 heavy (non-hydrogen) atoms. The van der Waals surface area contributed by atoms with Gasteiger partial charge in [-0.3, -0.25) is 0 Å². The fourth-order valence-corrected chi connectivity index (χ4v) is 1.60. The van der Waals surface area contributed by atoms with Gasteiger partial charge >= 0.3 is 0 Å². The van der Waals surface area contributed by atoms with Gasteiger partial charge in [-0.2, -0.15) is 4.80 Å². The summed E-state index contributed by atoms with van der Waals surface area (Å²) in [7, 11) is 0. The van der Waals surface area contributed by atoms with Crippen LogP contribution in [0.5, 0.6) is 0 Å². The van der Waals surface area contributed by atoms with Crippen molar-refractivity contribution in [3.8, 4) is 0 Å². The SMILES string of the molecule is CCn1nnc(C2CCCCN2)n1. The van der Waals surface area contributed by atoms with Crippen LogP contribution in [-0.2, 0) is 6.54 Å². The van der Waals surface area contributed by atoms with E-state index in [-0.39, 0.29) is 0 Å². The summed E-state index contributed by atoms with van der Waals surface area (Å²) >= 11 is 0. The highest BCUT2D eigenvalue weighted by Crippen LogP contribution is 2.18. The molecule has 1 aliphatic rings. The highest BCUT2D eigenvalue weighted by molar-refractivity contribution is 4.91. The Hall–Kier alpha value is -0.970. The molecule has 1 aliphatic heterocycles. The van der Waals surface area contributed by atoms with E-state index in [1.54, 1.807) is 4.80 Å². The maximum Gasteiger partial charge on any atom is 0.191 e. The number of rotatable bonds is 2. The molecule has 1 atom stereocenters. The van der Waals surface area contributed by atoms with Gasteiger partial charge in [0.25, 0.3) is 0 Å². The molecule has 0 aliphatic carbocycles. The van der Waals surface area contributed by atoms with Crippen molar-refractivity contribution in [1.29, 1.82) is 0 Å². The number of tetrazole rings is 1. The monoisotopic (exact) mass is 181 g/mol. The Bertz CT molecular complexity index is 263. The van der Waals surface area contributed by atoms with Gasteiger partial charge in [-0.15, -0.1) is 10.2 Å². The topological polar surface area (TPSA) is 55.6 Å². The zero-order valence-corrected chi connectivity index (χ0v) is 7.90. The molecule has 1 N–H and O–H groups in total. The fraction of sp³-hybridized carbons (Fsp3) is 0.875. The van der Waals surface area contributed by atoms with E-state index in [1.165, 1.54) is 12.8 Å². The van der Waals surface area contributed by atoms with Crippen LogP contribution in [0, 0.1) is 0 Å². The van der Waals surface area contributed by atoms with Gasteiger partial charge in [0.05, 0.1) is 12.6 Å². The quantitative estimate of drug-likeness (QED) is 0.722. The lowest BCUT2D eigenvalue weighted by Gasteiger charge is -2.19. The van der Waals surface area contributed by atoms with Crippen molar-refractivity contribution >= 4 is 0 Å². The number of aryl methyl sites for hydroxylation is 1. The summed E-state index contributed by atoms with van der Waals surface area (Å²) in [6.07, 6.45) is 3.66. The first-order chi connectivity index (χ1) is 6.40. The highest BCUT2D eigenvalue weighted by Gasteiger charge is 2.18. The van der Waals surface area contributed by atoms with E-state index in [1.807, 2.05) is 6.92 Å². The lowest BCUT2D eigenvalue weighted by molar-refractivity contribution is 0.395. The molecule has 0 bridgehead atoms. The van der Waals surface area contributed by atoms with Crippen LogP contribution in [0.4, 0.5) is 0 Å². The third kappa shape index (κ3) is 1.85. The van der Waals surface area contributed by atoms with Gasteiger partial charge in [0, 0.05) is 0 Å². The molecule has 0 amide bonds. The Morgan fingerprint density at radius 3 is 3.08 bits per heavy atom. The number of aromatic nitrogens is 4. The van der Waals surface area contributed by atoms with Crippen LogP contribution in [0.1, 0.15) is 38.1 Å². The Kier molecular flexibility index (Phi) is 2.54. The number of nitrogens with zero attached hydrogens (tertiary/aromatic N) is 4. The third-order valence-electron chi connectivity index (χ3n) is 2.37. The summed E-state index contributed by atoms with van der Waals surface area (Å²) in [6, 6.07) is 0.328. The highest BCUT2D eigenvalue weighted by atomic mass is 15.6. The first-order valence-electron chi connectivity index (χ1n) is 4.91. The van der Waals surface area contributed by atoms with Crippen LogP contribution < -0.4 is 5.32 Å². The zero-order valence-electron chi connectivity index (χ0n) is 7.90. The predicted molar refractivity (Wildman–Crippen MR) is 48.1 cm³/mol. The average Bonchev–Trinajstić information content (AvgIpc) is 2.67. The first-order valence-corrected chi connectivity index (χ1v) is 4.91. The maximum absolute atomic E-state index is 4.28. The van der Waals surface area contributed by atoms with Gasteiger partial charge in [0.15, 0.2) is 5.82 Å². The van der Waals surface area contributed by atoms with Crippen LogP contribution in [0.2, 0.25) is 0 Å². The van der Waals surface area contributed by atoms with Gasteiger partial charge in [-0.05, 0) is 31.5 Å². The van der Waals surface area contributed by atoms with Crippen molar-refractivity contribution in [3.05, 3.63) is 5.82 Å². The minimum absolute atomic E-state index is 0.328. The summed E-state index contributed by atoms with van der Waals surface area (Å²) in [5.41, 5.74) is 0. The van der Waals surface area contributed by atoms with E-state index in [9.17, 15) is 0 Å². The number of nitrogens with one attached hydrogen (secondary N) is 1. The Morgan fingerprint density at radius 1 is 1.54 bits per heavy atom. The van der Waals surface area contributed by atoms with Gasteiger partial charge in [0.1, 0.15) is 0 Å². The van der Waals surface area contributed by atoms with E-state index in [4.69, 9.17) is 0 Å². The van der Waals surface area contributed by atoms with Gasteiger partial charge < -0.3 is 5.32 Å². The average molecular weight is 181 g/mol. The molecule has 5 nitrogen and oxygen atoms in total. The second kappa shape index (κ2) is 3.83. The molecule has 5 heteroatoms. The number of hydrogen-bond acceptors (Lipinski definition) is 4.